The molecule has 0 saturated carbocycles. The third-order valence-electron chi connectivity index (χ3n) is 6.49. The van der Waals surface area contributed by atoms with Crippen LogP contribution >= 0.6 is 0 Å². The topological polar surface area (TPSA) is 122 Å². The number of aryl methyl sites for hydroxylation is 1. The van der Waals surface area contributed by atoms with Gasteiger partial charge in [-0.05, 0) is 75.3 Å². The Morgan fingerprint density at radius 3 is 2.26 bits per heavy atom. The summed E-state index contributed by atoms with van der Waals surface area (Å²) < 4.78 is 11.1. The lowest BCUT2D eigenvalue weighted by Crippen LogP contribution is -2.38. The number of nitrogens with two attached hydrogens (primary N) is 1. The second-order valence-electron chi connectivity index (χ2n) is 9.49. The largest absolute Gasteiger partial charge is 0.507 e. The number of nitrogens with zero attached hydrogens (tertiary/aromatic N) is 2. The van der Waals surface area contributed by atoms with Gasteiger partial charge in [-0.25, -0.2) is 0 Å². The molecule has 3 rings (SSSR count). The molecule has 1 atom stereocenters. The van der Waals surface area contributed by atoms with Crippen LogP contribution < -0.4 is 15.2 Å². The standard InChI is InChI=1S/C29H37N3O6/c1-6-31(7-2)14-15-32-26(20-8-10-21(11-9-20)37-17-24(30)33)25(28(35)29(32)36)27(34)23-13-12-22(16-19(23)5)38-18(3)4/h8-13,16,18,26,34H,6-7,14-15,17H2,1-5H3,(H2,30,33)/b27-25+. The van der Waals surface area contributed by atoms with Crippen LogP contribution in [-0.4, -0.2) is 71.4 Å². The molecule has 1 aliphatic heterocycles. The van der Waals surface area contributed by atoms with E-state index in [0.29, 0.717) is 41.3 Å². The van der Waals surface area contributed by atoms with Gasteiger partial charge in [0.25, 0.3) is 17.6 Å². The Balaban J connectivity index is 2.07. The van der Waals surface area contributed by atoms with Crippen LogP contribution in [0, 0.1) is 6.92 Å². The van der Waals surface area contributed by atoms with Crippen LogP contribution in [0.15, 0.2) is 48.0 Å². The van der Waals surface area contributed by atoms with Crippen molar-refractivity contribution in [1.82, 2.24) is 9.80 Å². The molecule has 9 nitrogen and oxygen atoms in total. The van der Waals surface area contributed by atoms with Crippen molar-refractivity contribution >= 4 is 23.4 Å². The first kappa shape index (κ1) is 28.7. The van der Waals surface area contributed by atoms with E-state index < -0.39 is 23.6 Å². The summed E-state index contributed by atoms with van der Waals surface area (Å²) in [7, 11) is 0. The smallest absolute Gasteiger partial charge is 0.295 e. The summed E-state index contributed by atoms with van der Waals surface area (Å²) in [4.78, 5) is 41.3. The molecular weight excluding hydrogens is 486 g/mol. The van der Waals surface area contributed by atoms with Crippen LogP contribution in [0.2, 0.25) is 0 Å². The number of hydrogen-bond acceptors (Lipinski definition) is 7. The summed E-state index contributed by atoms with van der Waals surface area (Å²) in [6, 6.07) is 11.2. The average molecular weight is 524 g/mol. The minimum atomic E-state index is -0.790. The molecule has 0 aromatic heterocycles. The average Bonchev–Trinajstić information content (AvgIpc) is 3.12. The maximum absolute atomic E-state index is 13.3. The highest BCUT2D eigenvalue weighted by Gasteiger charge is 2.46. The summed E-state index contributed by atoms with van der Waals surface area (Å²) in [6.45, 7) is 12.0. The predicted molar refractivity (Wildman–Crippen MR) is 145 cm³/mol. The third-order valence-corrected chi connectivity index (χ3v) is 6.49. The molecule has 1 aliphatic rings. The minimum Gasteiger partial charge on any atom is -0.507 e. The van der Waals surface area contributed by atoms with Gasteiger partial charge in [0.2, 0.25) is 0 Å². The van der Waals surface area contributed by atoms with Gasteiger partial charge in [0.05, 0.1) is 17.7 Å². The van der Waals surface area contributed by atoms with Gasteiger partial charge in [0, 0.05) is 18.7 Å². The molecule has 1 heterocycles. The van der Waals surface area contributed by atoms with E-state index in [1.165, 1.54) is 4.90 Å². The summed E-state index contributed by atoms with van der Waals surface area (Å²) in [5, 5.41) is 11.4. The summed E-state index contributed by atoms with van der Waals surface area (Å²) in [5.74, 6) is -1.15. The van der Waals surface area contributed by atoms with E-state index in [2.05, 4.69) is 4.90 Å². The van der Waals surface area contributed by atoms with Gasteiger partial charge in [0.15, 0.2) is 6.61 Å². The molecule has 1 unspecified atom stereocenters. The fraction of sp³-hybridized carbons (Fsp3) is 0.414. The first-order chi connectivity index (χ1) is 18.1. The number of ether oxygens (including phenoxy) is 2. The highest BCUT2D eigenvalue weighted by atomic mass is 16.5. The zero-order chi connectivity index (χ0) is 28.0. The molecule has 0 radical (unpaired) electrons. The van der Waals surface area contributed by atoms with Crippen LogP contribution in [0.3, 0.4) is 0 Å². The lowest BCUT2D eigenvalue weighted by molar-refractivity contribution is -0.140. The SMILES string of the molecule is CCN(CC)CCN1C(=O)C(=O)/C(=C(/O)c2ccc(OC(C)C)cc2C)C1c1ccc(OCC(N)=O)cc1. The van der Waals surface area contributed by atoms with Crippen LogP contribution in [0.4, 0.5) is 0 Å². The zero-order valence-electron chi connectivity index (χ0n) is 22.7. The highest BCUT2D eigenvalue weighted by molar-refractivity contribution is 6.46. The van der Waals surface area contributed by atoms with Crippen molar-refractivity contribution in [2.75, 3.05) is 32.8 Å². The van der Waals surface area contributed by atoms with E-state index >= 15 is 0 Å². The fourth-order valence-electron chi connectivity index (χ4n) is 4.54. The monoisotopic (exact) mass is 523 g/mol. The number of primary amides is 1. The molecule has 0 aliphatic carbocycles. The molecule has 0 bridgehead atoms. The van der Waals surface area contributed by atoms with Crippen LogP contribution in [0.5, 0.6) is 11.5 Å². The van der Waals surface area contributed by atoms with Gasteiger partial charge in [-0.15, -0.1) is 0 Å². The van der Waals surface area contributed by atoms with E-state index in [0.717, 1.165) is 13.1 Å². The Morgan fingerprint density at radius 1 is 1.08 bits per heavy atom. The molecular formula is C29H37N3O6. The number of likely N-dealkylation sites (tertiary alicyclic amines) is 1. The molecule has 2 amide bonds. The van der Waals surface area contributed by atoms with Crippen molar-refractivity contribution in [1.29, 1.82) is 0 Å². The maximum atomic E-state index is 13.3. The molecule has 9 heteroatoms. The summed E-state index contributed by atoms with van der Waals surface area (Å²) in [5.41, 5.74) is 6.99. The third kappa shape index (κ3) is 6.52. The molecule has 2 aromatic carbocycles. The Labute approximate surface area is 223 Å². The van der Waals surface area contributed by atoms with Crippen LogP contribution in [0.25, 0.3) is 5.76 Å². The van der Waals surface area contributed by atoms with Crippen molar-refractivity contribution in [3.8, 4) is 11.5 Å². The number of likely N-dealkylation sites (N-methyl/N-ethyl adjacent to an activating group) is 1. The molecule has 1 fully saturated rings. The van der Waals surface area contributed by atoms with Gasteiger partial charge >= 0.3 is 0 Å². The molecule has 1 saturated heterocycles. The molecule has 2 aromatic rings. The number of carbonyl (C=O) groups excluding carboxylic acids is 3. The number of ketones is 1. The summed E-state index contributed by atoms with van der Waals surface area (Å²) >= 11 is 0. The molecule has 38 heavy (non-hydrogen) atoms. The Bertz CT molecular complexity index is 1200. The maximum Gasteiger partial charge on any atom is 0.295 e. The van der Waals surface area contributed by atoms with Gasteiger partial charge in [-0.1, -0.05) is 26.0 Å². The Kier molecular flexibility index (Phi) is 9.52. The van der Waals surface area contributed by atoms with E-state index in [9.17, 15) is 19.5 Å². The quantitative estimate of drug-likeness (QED) is 0.248. The van der Waals surface area contributed by atoms with Gasteiger partial charge < -0.3 is 30.1 Å². The van der Waals surface area contributed by atoms with E-state index in [-0.39, 0.29) is 24.0 Å². The predicted octanol–water partition coefficient (Wildman–Crippen LogP) is 3.41. The van der Waals surface area contributed by atoms with Gasteiger partial charge in [-0.3, -0.25) is 14.4 Å². The zero-order valence-corrected chi connectivity index (χ0v) is 22.7. The Hall–Kier alpha value is -3.85. The molecule has 3 N–H and O–H groups in total. The van der Waals surface area contributed by atoms with Crippen molar-refractivity contribution in [2.24, 2.45) is 5.73 Å². The van der Waals surface area contributed by atoms with Crippen molar-refractivity contribution < 1.29 is 29.0 Å². The first-order valence-electron chi connectivity index (χ1n) is 12.9. The lowest BCUT2D eigenvalue weighted by Gasteiger charge is -2.28. The number of Topliss-reactive ketones (excluding diaryl/α,β-unsaturated/α-hetero) is 1. The van der Waals surface area contributed by atoms with E-state index in [1.807, 2.05) is 34.6 Å². The minimum absolute atomic E-state index is 0.0140. The second-order valence-corrected chi connectivity index (χ2v) is 9.49. The summed E-state index contributed by atoms with van der Waals surface area (Å²) in [6.07, 6.45) is -0.0140. The highest BCUT2D eigenvalue weighted by Crippen LogP contribution is 2.40. The van der Waals surface area contributed by atoms with E-state index in [1.54, 1.807) is 42.5 Å². The van der Waals surface area contributed by atoms with Crippen LogP contribution in [-0.2, 0) is 14.4 Å². The van der Waals surface area contributed by atoms with Crippen LogP contribution in [0.1, 0.15) is 50.4 Å². The fourth-order valence-corrected chi connectivity index (χ4v) is 4.54. The second kappa shape index (κ2) is 12.6. The van der Waals surface area contributed by atoms with Crippen molar-refractivity contribution in [3.63, 3.8) is 0 Å². The van der Waals surface area contributed by atoms with Crippen molar-refractivity contribution in [2.45, 2.75) is 46.8 Å². The number of carbonyl (C=O) groups is 3. The number of hydrogen-bond donors (Lipinski definition) is 2. The Morgan fingerprint density at radius 2 is 1.71 bits per heavy atom. The molecule has 204 valence electrons. The van der Waals surface area contributed by atoms with Gasteiger partial charge in [0.1, 0.15) is 17.3 Å². The van der Waals surface area contributed by atoms with E-state index in [4.69, 9.17) is 15.2 Å². The van der Waals surface area contributed by atoms with Gasteiger partial charge in [-0.2, -0.15) is 0 Å². The first-order valence-corrected chi connectivity index (χ1v) is 12.9. The lowest BCUT2D eigenvalue weighted by atomic mass is 9.94. The number of amides is 2. The number of aliphatic hydroxyl groups is 1. The number of aliphatic hydroxyl groups excluding tert-OH is 1. The van der Waals surface area contributed by atoms with Crippen molar-refractivity contribution in [3.05, 3.63) is 64.7 Å². The molecule has 0 spiro atoms. The normalized spacial score (nSPS) is 16.9. The number of rotatable bonds is 12. The number of benzene rings is 2.